The van der Waals surface area contributed by atoms with Crippen LogP contribution < -0.4 is 0 Å². The zero-order valence-corrected chi connectivity index (χ0v) is 14.6. The molecule has 28 heavy (non-hydrogen) atoms. The summed E-state index contributed by atoms with van der Waals surface area (Å²) in [4.78, 5) is 29.1. The average molecular weight is 375 g/mol. The van der Waals surface area contributed by atoms with Gasteiger partial charge in [-0.25, -0.2) is 14.2 Å². The Bertz CT molecular complexity index is 1130. The van der Waals surface area contributed by atoms with Crippen LogP contribution in [0.1, 0.15) is 20.7 Å². The van der Waals surface area contributed by atoms with Gasteiger partial charge in [-0.15, -0.1) is 0 Å². The fourth-order valence-electron chi connectivity index (χ4n) is 2.76. The number of aromatic nitrogens is 1. The van der Waals surface area contributed by atoms with Gasteiger partial charge in [-0.3, -0.25) is 4.79 Å². The Hall–Kier alpha value is -3.80. The number of esters is 1. The molecule has 0 spiro atoms. The number of fused-ring (bicyclic) bond motifs is 1. The van der Waals surface area contributed by atoms with Gasteiger partial charge in [-0.2, -0.15) is 0 Å². The summed E-state index contributed by atoms with van der Waals surface area (Å²) in [6.45, 7) is -0.452. The normalized spacial score (nSPS) is 10.8. The van der Waals surface area contributed by atoms with Crippen molar-refractivity contribution in [3.8, 4) is 11.5 Å². The van der Waals surface area contributed by atoms with E-state index in [1.165, 1.54) is 24.3 Å². The Morgan fingerprint density at radius 3 is 2.43 bits per heavy atom. The second-order valence-corrected chi connectivity index (χ2v) is 6.04. The minimum Gasteiger partial charge on any atom is -0.454 e. The molecule has 0 aliphatic rings. The topological polar surface area (TPSA) is 69.4 Å². The van der Waals surface area contributed by atoms with Crippen molar-refractivity contribution >= 4 is 22.9 Å². The number of halogens is 1. The lowest BCUT2D eigenvalue weighted by Crippen LogP contribution is -2.15. The van der Waals surface area contributed by atoms with Crippen LogP contribution >= 0.6 is 0 Å². The number of hydrogen-bond acceptors (Lipinski definition) is 5. The molecule has 0 radical (unpaired) electrons. The lowest BCUT2D eigenvalue weighted by Gasteiger charge is -2.07. The van der Waals surface area contributed by atoms with E-state index in [0.29, 0.717) is 22.6 Å². The van der Waals surface area contributed by atoms with E-state index in [4.69, 9.17) is 9.15 Å². The summed E-state index contributed by atoms with van der Waals surface area (Å²) in [7, 11) is 0. The first-order chi connectivity index (χ1) is 13.6. The van der Waals surface area contributed by atoms with Gasteiger partial charge in [0, 0.05) is 5.56 Å². The Morgan fingerprint density at radius 2 is 1.64 bits per heavy atom. The minimum absolute atomic E-state index is 0.237. The monoisotopic (exact) mass is 375 g/mol. The first-order valence-corrected chi connectivity index (χ1v) is 8.53. The van der Waals surface area contributed by atoms with Gasteiger partial charge in [0.05, 0.1) is 11.1 Å². The highest BCUT2D eigenvalue weighted by molar-refractivity contribution is 6.01. The molecule has 0 N–H and O–H groups in total. The number of hydrogen-bond donors (Lipinski definition) is 0. The standard InChI is InChI=1S/C22H14FNO4/c23-15-11-9-14(10-12-15)19(25)13-27-22(26)17-6-2-1-5-16(17)21-24-18-7-3-4-8-20(18)28-21/h1-12H,13H2. The largest absolute Gasteiger partial charge is 0.454 e. The lowest BCUT2D eigenvalue weighted by molar-refractivity contribution is 0.0475. The highest BCUT2D eigenvalue weighted by Crippen LogP contribution is 2.27. The van der Waals surface area contributed by atoms with Crippen molar-refractivity contribution in [1.29, 1.82) is 0 Å². The van der Waals surface area contributed by atoms with E-state index in [-0.39, 0.29) is 11.1 Å². The first kappa shape index (κ1) is 17.6. The maximum Gasteiger partial charge on any atom is 0.339 e. The zero-order valence-electron chi connectivity index (χ0n) is 14.6. The molecule has 0 fully saturated rings. The molecule has 3 aromatic carbocycles. The number of rotatable bonds is 5. The van der Waals surface area contributed by atoms with Crippen LogP contribution in [0.4, 0.5) is 4.39 Å². The minimum atomic E-state index is -0.673. The van der Waals surface area contributed by atoms with E-state index in [1.54, 1.807) is 30.3 Å². The Kier molecular flexibility index (Phi) is 4.68. The van der Waals surface area contributed by atoms with Gasteiger partial charge in [0.1, 0.15) is 11.3 Å². The fourth-order valence-corrected chi connectivity index (χ4v) is 2.76. The second kappa shape index (κ2) is 7.44. The molecule has 4 aromatic rings. The molecule has 0 amide bonds. The van der Waals surface area contributed by atoms with Gasteiger partial charge >= 0.3 is 5.97 Å². The lowest BCUT2D eigenvalue weighted by atomic mass is 10.1. The number of carbonyl (C=O) groups is 2. The molecule has 0 bridgehead atoms. The fraction of sp³-hybridized carbons (Fsp3) is 0.0455. The Morgan fingerprint density at radius 1 is 0.929 bits per heavy atom. The summed E-state index contributed by atoms with van der Waals surface area (Å²) < 4.78 is 23.8. The number of ketones is 1. The molecule has 0 saturated carbocycles. The summed E-state index contributed by atoms with van der Waals surface area (Å²) in [5.74, 6) is -1.25. The number of nitrogens with zero attached hydrogens (tertiary/aromatic N) is 1. The summed E-state index contributed by atoms with van der Waals surface area (Å²) in [5, 5.41) is 0. The van der Waals surface area contributed by atoms with Crippen molar-refractivity contribution in [1.82, 2.24) is 4.98 Å². The maximum atomic E-state index is 13.0. The van der Waals surface area contributed by atoms with E-state index in [1.807, 2.05) is 18.2 Å². The molecule has 0 atom stereocenters. The van der Waals surface area contributed by atoms with Crippen LogP contribution in [0.5, 0.6) is 0 Å². The van der Waals surface area contributed by atoms with E-state index in [0.717, 1.165) is 0 Å². The van der Waals surface area contributed by atoms with Gasteiger partial charge in [0.25, 0.3) is 0 Å². The molecule has 0 aliphatic heterocycles. The van der Waals surface area contributed by atoms with Crippen LogP contribution in [0.15, 0.2) is 77.2 Å². The van der Waals surface area contributed by atoms with Crippen molar-refractivity contribution in [2.45, 2.75) is 0 Å². The van der Waals surface area contributed by atoms with Gasteiger partial charge < -0.3 is 9.15 Å². The van der Waals surface area contributed by atoms with Gasteiger partial charge in [0.15, 0.2) is 18.0 Å². The van der Waals surface area contributed by atoms with Gasteiger partial charge in [-0.05, 0) is 48.5 Å². The summed E-state index contributed by atoms with van der Waals surface area (Å²) >= 11 is 0. The predicted molar refractivity (Wildman–Crippen MR) is 100 cm³/mol. The summed E-state index contributed by atoms with van der Waals surface area (Å²) in [6, 6.07) is 19.0. The molecular weight excluding hydrogens is 361 g/mol. The molecule has 4 rings (SSSR count). The van der Waals surface area contributed by atoms with E-state index in [2.05, 4.69) is 4.98 Å². The van der Waals surface area contributed by atoms with Crippen molar-refractivity contribution in [2.75, 3.05) is 6.61 Å². The average Bonchev–Trinajstić information content (AvgIpc) is 3.16. The van der Waals surface area contributed by atoms with Crippen LogP contribution in [0.3, 0.4) is 0 Å². The number of para-hydroxylation sites is 2. The second-order valence-electron chi connectivity index (χ2n) is 6.04. The molecule has 0 aliphatic carbocycles. The van der Waals surface area contributed by atoms with E-state index in [9.17, 15) is 14.0 Å². The third-order valence-corrected chi connectivity index (χ3v) is 4.17. The molecule has 6 heteroatoms. The van der Waals surface area contributed by atoms with Crippen LogP contribution in [0, 0.1) is 5.82 Å². The Labute approximate surface area is 159 Å². The number of carbonyl (C=O) groups excluding carboxylic acids is 2. The van der Waals surface area contributed by atoms with Crippen LogP contribution in [-0.4, -0.2) is 23.3 Å². The smallest absolute Gasteiger partial charge is 0.339 e. The quantitative estimate of drug-likeness (QED) is 0.374. The molecule has 0 saturated heterocycles. The SMILES string of the molecule is O=C(COC(=O)c1ccccc1-c1nc2ccccc2o1)c1ccc(F)cc1. The van der Waals surface area contributed by atoms with Gasteiger partial charge in [0.2, 0.25) is 5.89 Å². The molecule has 0 unspecified atom stereocenters. The number of ether oxygens (including phenoxy) is 1. The van der Waals surface area contributed by atoms with E-state index < -0.39 is 24.2 Å². The van der Waals surface area contributed by atoms with Crippen molar-refractivity contribution in [2.24, 2.45) is 0 Å². The molecule has 1 aromatic heterocycles. The number of oxazole rings is 1. The molecule has 5 nitrogen and oxygen atoms in total. The highest BCUT2D eigenvalue weighted by atomic mass is 19.1. The highest BCUT2D eigenvalue weighted by Gasteiger charge is 2.19. The summed E-state index contributed by atoms with van der Waals surface area (Å²) in [5.41, 5.74) is 2.25. The Balaban J connectivity index is 1.55. The van der Waals surface area contributed by atoms with Crippen LogP contribution in [-0.2, 0) is 4.74 Å². The summed E-state index contributed by atoms with van der Waals surface area (Å²) in [6.07, 6.45) is 0. The number of benzene rings is 3. The van der Waals surface area contributed by atoms with Crippen LogP contribution in [0.2, 0.25) is 0 Å². The number of Topliss-reactive ketones (excluding diaryl/α,β-unsaturated/α-hetero) is 1. The first-order valence-electron chi connectivity index (χ1n) is 8.53. The van der Waals surface area contributed by atoms with Crippen molar-refractivity contribution in [3.63, 3.8) is 0 Å². The molecular formula is C22H14FNO4. The predicted octanol–water partition coefficient (Wildman–Crippen LogP) is 4.67. The van der Waals surface area contributed by atoms with Crippen molar-refractivity contribution < 1.29 is 23.1 Å². The maximum absolute atomic E-state index is 13.0. The third kappa shape index (κ3) is 3.53. The zero-order chi connectivity index (χ0) is 19.5. The third-order valence-electron chi connectivity index (χ3n) is 4.17. The molecule has 1 heterocycles. The van der Waals surface area contributed by atoms with Crippen molar-refractivity contribution in [3.05, 3.63) is 89.7 Å². The van der Waals surface area contributed by atoms with Crippen LogP contribution in [0.25, 0.3) is 22.6 Å². The van der Waals surface area contributed by atoms with Gasteiger partial charge in [-0.1, -0.05) is 24.3 Å². The van der Waals surface area contributed by atoms with E-state index >= 15 is 0 Å². The molecule has 138 valence electrons.